The van der Waals surface area contributed by atoms with Gasteiger partial charge in [-0.15, -0.1) is 0 Å². The fourth-order valence-electron chi connectivity index (χ4n) is 1.60. The van der Waals surface area contributed by atoms with Crippen molar-refractivity contribution in [2.24, 2.45) is 0 Å². The third-order valence-corrected chi connectivity index (χ3v) is 3.25. The summed E-state index contributed by atoms with van der Waals surface area (Å²) in [6, 6.07) is 3.41. The van der Waals surface area contributed by atoms with Crippen LogP contribution in [0, 0.1) is 0 Å². The largest absolute Gasteiger partial charge is 0.493 e. The molecule has 0 radical (unpaired) electrons. The predicted molar refractivity (Wildman–Crippen MR) is 75.6 cm³/mol. The molecule has 1 unspecified atom stereocenters. The molecular weight excluding hydrogens is 314 g/mol. The van der Waals surface area contributed by atoms with E-state index in [4.69, 9.17) is 9.47 Å². The number of esters is 1. The zero-order valence-corrected chi connectivity index (χ0v) is 13.0. The van der Waals surface area contributed by atoms with Gasteiger partial charge in [-0.05, 0) is 40.5 Å². The van der Waals surface area contributed by atoms with E-state index in [0.717, 1.165) is 10.0 Å². The van der Waals surface area contributed by atoms with Gasteiger partial charge in [0, 0.05) is 6.54 Å². The van der Waals surface area contributed by atoms with Crippen LogP contribution < -0.4 is 14.8 Å². The van der Waals surface area contributed by atoms with Gasteiger partial charge < -0.3 is 19.5 Å². The van der Waals surface area contributed by atoms with Gasteiger partial charge >= 0.3 is 5.97 Å². The quantitative estimate of drug-likeness (QED) is 0.809. The fourth-order valence-corrected chi connectivity index (χ4v) is 2.26. The molecule has 1 rings (SSSR count). The molecule has 19 heavy (non-hydrogen) atoms. The van der Waals surface area contributed by atoms with Crippen molar-refractivity contribution in [2.45, 2.75) is 19.5 Å². The SMILES string of the molecule is COC(=O)C(C)NCc1cc(Br)c(OC)c(OC)c1. The topological polar surface area (TPSA) is 56.8 Å². The van der Waals surface area contributed by atoms with Crippen molar-refractivity contribution in [1.29, 1.82) is 0 Å². The zero-order chi connectivity index (χ0) is 14.4. The predicted octanol–water partition coefficient (Wildman–Crippen LogP) is 2.12. The van der Waals surface area contributed by atoms with Crippen molar-refractivity contribution in [3.8, 4) is 11.5 Å². The Kier molecular flexibility index (Phi) is 6.11. The number of hydrogen-bond acceptors (Lipinski definition) is 5. The molecule has 0 aromatic heterocycles. The van der Waals surface area contributed by atoms with Crippen LogP contribution in [0.1, 0.15) is 12.5 Å². The number of halogens is 1. The number of carbonyl (C=O) groups is 1. The van der Waals surface area contributed by atoms with Gasteiger partial charge in [-0.3, -0.25) is 4.79 Å². The lowest BCUT2D eigenvalue weighted by molar-refractivity contribution is -0.142. The van der Waals surface area contributed by atoms with Crippen molar-refractivity contribution in [1.82, 2.24) is 5.32 Å². The highest BCUT2D eigenvalue weighted by atomic mass is 79.9. The van der Waals surface area contributed by atoms with E-state index in [9.17, 15) is 4.79 Å². The molecule has 5 nitrogen and oxygen atoms in total. The van der Waals surface area contributed by atoms with Crippen molar-refractivity contribution >= 4 is 21.9 Å². The first-order valence-electron chi connectivity index (χ1n) is 5.75. The van der Waals surface area contributed by atoms with E-state index in [2.05, 4.69) is 26.0 Å². The fraction of sp³-hybridized carbons (Fsp3) is 0.462. The van der Waals surface area contributed by atoms with E-state index in [1.165, 1.54) is 7.11 Å². The first-order valence-corrected chi connectivity index (χ1v) is 6.54. The summed E-state index contributed by atoms with van der Waals surface area (Å²) >= 11 is 3.42. The maximum absolute atomic E-state index is 11.3. The van der Waals surface area contributed by atoms with Gasteiger partial charge in [0.15, 0.2) is 11.5 Å². The molecular formula is C13H18BrNO4. The van der Waals surface area contributed by atoms with Gasteiger partial charge in [0.05, 0.1) is 25.8 Å². The molecule has 0 amide bonds. The van der Waals surface area contributed by atoms with Crippen LogP contribution in [0.25, 0.3) is 0 Å². The van der Waals surface area contributed by atoms with Crippen LogP contribution in [-0.4, -0.2) is 33.3 Å². The van der Waals surface area contributed by atoms with E-state index in [1.807, 2.05) is 12.1 Å². The number of benzene rings is 1. The zero-order valence-electron chi connectivity index (χ0n) is 11.5. The Balaban J connectivity index is 2.80. The van der Waals surface area contributed by atoms with Gasteiger partial charge in [0.2, 0.25) is 0 Å². The maximum atomic E-state index is 11.3. The number of hydrogen-bond donors (Lipinski definition) is 1. The summed E-state index contributed by atoms with van der Waals surface area (Å²) < 4.78 is 15.9. The molecule has 0 saturated heterocycles. The number of carbonyl (C=O) groups excluding carboxylic acids is 1. The van der Waals surface area contributed by atoms with E-state index >= 15 is 0 Å². The van der Waals surface area contributed by atoms with E-state index in [-0.39, 0.29) is 12.0 Å². The normalized spacial score (nSPS) is 11.8. The van der Waals surface area contributed by atoms with Crippen LogP contribution in [-0.2, 0) is 16.1 Å². The summed E-state index contributed by atoms with van der Waals surface area (Å²) in [6.07, 6.45) is 0. The summed E-state index contributed by atoms with van der Waals surface area (Å²) in [7, 11) is 4.53. The highest BCUT2D eigenvalue weighted by Gasteiger charge is 2.14. The van der Waals surface area contributed by atoms with Crippen molar-refractivity contribution in [2.75, 3.05) is 21.3 Å². The molecule has 0 bridgehead atoms. The lowest BCUT2D eigenvalue weighted by Crippen LogP contribution is -2.34. The van der Waals surface area contributed by atoms with Crippen LogP contribution >= 0.6 is 15.9 Å². The van der Waals surface area contributed by atoms with Gasteiger partial charge in [-0.2, -0.15) is 0 Å². The molecule has 0 saturated carbocycles. The average molecular weight is 332 g/mol. The van der Waals surface area contributed by atoms with Crippen LogP contribution in [0.15, 0.2) is 16.6 Å². The van der Waals surface area contributed by atoms with E-state index in [0.29, 0.717) is 18.0 Å². The Bertz CT molecular complexity index is 451. The minimum Gasteiger partial charge on any atom is -0.493 e. The molecule has 0 fully saturated rings. The molecule has 0 spiro atoms. The number of rotatable bonds is 6. The number of nitrogens with one attached hydrogen (secondary N) is 1. The highest BCUT2D eigenvalue weighted by Crippen LogP contribution is 2.36. The molecule has 6 heteroatoms. The highest BCUT2D eigenvalue weighted by molar-refractivity contribution is 9.10. The molecule has 0 aliphatic carbocycles. The van der Waals surface area contributed by atoms with Gasteiger partial charge in [0.1, 0.15) is 6.04 Å². The van der Waals surface area contributed by atoms with Crippen LogP contribution in [0.5, 0.6) is 11.5 Å². The summed E-state index contributed by atoms with van der Waals surface area (Å²) in [4.78, 5) is 11.3. The molecule has 1 aromatic rings. The average Bonchev–Trinajstić information content (AvgIpc) is 2.42. The molecule has 1 N–H and O–H groups in total. The monoisotopic (exact) mass is 331 g/mol. The molecule has 0 heterocycles. The molecule has 0 aliphatic rings. The Labute approximate surface area is 121 Å². The minimum absolute atomic E-state index is 0.292. The smallest absolute Gasteiger partial charge is 0.322 e. The van der Waals surface area contributed by atoms with Gasteiger partial charge in [-0.25, -0.2) is 0 Å². The van der Waals surface area contributed by atoms with Crippen LogP contribution in [0.4, 0.5) is 0 Å². The molecule has 0 aliphatic heterocycles. The lowest BCUT2D eigenvalue weighted by Gasteiger charge is -2.14. The molecule has 106 valence electrons. The maximum Gasteiger partial charge on any atom is 0.322 e. The summed E-state index contributed by atoms with van der Waals surface area (Å²) in [6.45, 7) is 2.27. The third kappa shape index (κ3) is 4.11. The first-order chi connectivity index (χ1) is 9.03. The second-order valence-corrected chi connectivity index (χ2v) is 4.79. The lowest BCUT2D eigenvalue weighted by atomic mass is 10.2. The van der Waals surface area contributed by atoms with Gasteiger partial charge in [-0.1, -0.05) is 0 Å². The Morgan fingerprint density at radius 2 is 2.00 bits per heavy atom. The van der Waals surface area contributed by atoms with Crippen molar-refractivity contribution in [3.63, 3.8) is 0 Å². The second kappa shape index (κ2) is 7.35. The second-order valence-electron chi connectivity index (χ2n) is 3.94. The third-order valence-electron chi connectivity index (χ3n) is 2.66. The van der Waals surface area contributed by atoms with Gasteiger partial charge in [0.25, 0.3) is 0 Å². The van der Waals surface area contributed by atoms with E-state index in [1.54, 1.807) is 21.1 Å². The summed E-state index contributed by atoms with van der Waals surface area (Å²) in [5, 5.41) is 3.07. The van der Waals surface area contributed by atoms with Crippen molar-refractivity contribution in [3.05, 3.63) is 22.2 Å². The Hall–Kier alpha value is -1.27. The van der Waals surface area contributed by atoms with Crippen LogP contribution in [0.3, 0.4) is 0 Å². The summed E-state index contributed by atoms with van der Waals surface area (Å²) in [5.74, 6) is 0.992. The minimum atomic E-state index is -0.364. The Morgan fingerprint density at radius 1 is 1.32 bits per heavy atom. The van der Waals surface area contributed by atoms with Crippen LogP contribution in [0.2, 0.25) is 0 Å². The van der Waals surface area contributed by atoms with Crippen molar-refractivity contribution < 1.29 is 19.0 Å². The molecule has 1 atom stereocenters. The number of methoxy groups -OCH3 is 3. The number of ether oxygens (including phenoxy) is 3. The summed E-state index contributed by atoms with van der Waals surface area (Å²) in [5.41, 5.74) is 0.972. The standard InChI is InChI=1S/C13H18BrNO4/c1-8(13(16)19-4)15-7-9-5-10(14)12(18-3)11(6-9)17-2/h5-6,8,15H,7H2,1-4H3. The Morgan fingerprint density at radius 3 is 2.53 bits per heavy atom. The van der Waals surface area contributed by atoms with E-state index < -0.39 is 0 Å². The molecule has 1 aromatic carbocycles. The first kappa shape index (κ1) is 15.8.